The molecule has 0 fully saturated rings. The lowest BCUT2D eigenvalue weighted by Crippen LogP contribution is -2.45. The number of pyridine rings is 1. The topological polar surface area (TPSA) is 63.2 Å². The second kappa shape index (κ2) is 8.13. The van der Waals surface area contributed by atoms with Crippen molar-refractivity contribution in [1.29, 1.82) is 0 Å². The monoisotopic (exact) mass is 307 g/mol. The standard InChI is InChI=1S/C17H29N3O2/c1-12(2)15(11-20-16(21)22-17(4,5)6)19-10-14-8-7-13(3)9-18-14/h7-9,12,15,19H,10-11H2,1-6H3,(H,20,21). The highest BCUT2D eigenvalue weighted by Crippen LogP contribution is 2.07. The summed E-state index contributed by atoms with van der Waals surface area (Å²) in [7, 11) is 0. The fourth-order valence-corrected chi connectivity index (χ4v) is 1.89. The molecule has 0 saturated heterocycles. The van der Waals surface area contributed by atoms with E-state index in [0.29, 0.717) is 19.0 Å². The summed E-state index contributed by atoms with van der Waals surface area (Å²) in [6.07, 6.45) is 1.48. The maximum absolute atomic E-state index is 11.7. The number of carbonyl (C=O) groups excluding carboxylic acids is 1. The van der Waals surface area contributed by atoms with Gasteiger partial charge < -0.3 is 15.4 Å². The van der Waals surface area contributed by atoms with Crippen LogP contribution in [0.3, 0.4) is 0 Å². The summed E-state index contributed by atoms with van der Waals surface area (Å²) in [6.45, 7) is 13.0. The molecule has 1 aromatic heterocycles. The van der Waals surface area contributed by atoms with Crippen LogP contribution in [-0.2, 0) is 11.3 Å². The fourth-order valence-electron chi connectivity index (χ4n) is 1.89. The van der Waals surface area contributed by atoms with Gasteiger partial charge in [-0.2, -0.15) is 0 Å². The molecule has 0 aliphatic rings. The highest BCUT2D eigenvalue weighted by molar-refractivity contribution is 5.67. The maximum atomic E-state index is 11.7. The summed E-state index contributed by atoms with van der Waals surface area (Å²) in [6, 6.07) is 4.23. The molecule has 5 heteroatoms. The lowest BCUT2D eigenvalue weighted by atomic mass is 10.0. The highest BCUT2D eigenvalue weighted by atomic mass is 16.6. The first-order valence-electron chi connectivity index (χ1n) is 7.79. The average Bonchev–Trinajstić information content (AvgIpc) is 2.38. The van der Waals surface area contributed by atoms with E-state index in [1.165, 1.54) is 0 Å². The number of amides is 1. The van der Waals surface area contributed by atoms with Gasteiger partial charge in [0.25, 0.3) is 0 Å². The zero-order valence-corrected chi connectivity index (χ0v) is 14.6. The summed E-state index contributed by atoms with van der Waals surface area (Å²) in [5.41, 5.74) is 1.67. The Kier molecular flexibility index (Phi) is 6.81. The van der Waals surface area contributed by atoms with Crippen LogP contribution in [0.5, 0.6) is 0 Å². The minimum atomic E-state index is -0.476. The van der Waals surface area contributed by atoms with Gasteiger partial charge in [0, 0.05) is 25.3 Å². The third-order valence-electron chi connectivity index (χ3n) is 3.19. The van der Waals surface area contributed by atoms with E-state index in [9.17, 15) is 4.79 Å². The largest absolute Gasteiger partial charge is 0.444 e. The van der Waals surface area contributed by atoms with E-state index in [4.69, 9.17) is 4.74 Å². The van der Waals surface area contributed by atoms with E-state index in [1.807, 2.05) is 46.0 Å². The summed E-state index contributed by atoms with van der Waals surface area (Å²) in [4.78, 5) is 16.1. The maximum Gasteiger partial charge on any atom is 0.407 e. The molecular formula is C17H29N3O2. The Bertz CT molecular complexity index is 464. The molecule has 1 atom stereocenters. The van der Waals surface area contributed by atoms with Crippen molar-refractivity contribution in [2.45, 2.75) is 59.7 Å². The van der Waals surface area contributed by atoms with Crippen LogP contribution in [-0.4, -0.2) is 29.3 Å². The summed E-state index contributed by atoms with van der Waals surface area (Å²) in [5, 5.41) is 6.26. The van der Waals surface area contributed by atoms with Crippen LogP contribution in [0.25, 0.3) is 0 Å². The molecule has 124 valence electrons. The number of hydrogen-bond donors (Lipinski definition) is 2. The number of hydrogen-bond acceptors (Lipinski definition) is 4. The second-order valence-electron chi connectivity index (χ2n) is 6.94. The first-order chi connectivity index (χ1) is 10.2. The molecule has 1 heterocycles. The molecule has 2 N–H and O–H groups in total. The Hall–Kier alpha value is -1.62. The Labute approximate surface area is 133 Å². The highest BCUT2D eigenvalue weighted by Gasteiger charge is 2.18. The number of nitrogens with one attached hydrogen (secondary N) is 2. The Morgan fingerprint density at radius 3 is 2.50 bits per heavy atom. The van der Waals surface area contributed by atoms with Crippen LogP contribution in [0, 0.1) is 12.8 Å². The van der Waals surface area contributed by atoms with Gasteiger partial charge >= 0.3 is 6.09 Å². The molecule has 0 bridgehead atoms. The van der Waals surface area contributed by atoms with Gasteiger partial charge in [-0.25, -0.2) is 4.79 Å². The minimum absolute atomic E-state index is 0.163. The summed E-state index contributed by atoms with van der Waals surface area (Å²) >= 11 is 0. The van der Waals surface area contributed by atoms with Crippen molar-refractivity contribution in [2.75, 3.05) is 6.54 Å². The molecule has 0 aliphatic heterocycles. The van der Waals surface area contributed by atoms with Crippen molar-refractivity contribution in [3.05, 3.63) is 29.6 Å². The second-order valence-corrected chi connectivity index (χ2v) is 6.94. The smallest absolute Gasteiger partial charge is 0.407 e. The summed E-state index contributed by atoms with van der Waals surface area (Å²) in [5.74, 6) is 0.389. The van der Waals surface area contributed by atoms with Crippen LogP contribution >= 0.6 is 0 Å². The number of alkyl carbamates (subject to hydrolysis) is 1. The van der Waals surface area contributed by atoms with Crippen LogP contribution in [0.2, 0.25) is 0 Å². The van der Waals surface area contributed by atoms with Gasteiger partial charge in [-0.3, -0.25) is 4.98 Å². The third kappa shape index (κ3) is 7.41. The molecule has 0 aromatic carbocycles. The number of rotatable bonds is 6. The van der Waals surface area contributed by atoms with E-state index >= 15 is 0 Å². The minimum Gasteiger partial charge on any atom is -0.444 e. The van der Waals surface area contributed by atoms with Crippen molar-refractivity contribution < 1.29 is 9.53 Å². The van der Waals surface area contributed by atoms with Crippen molar-refractivity contribution in [3.8, 4) is 0 Å². The van der Waals surface area contributed by atoms with E-state index < -0.39 is 5.60 Å². The van der Waals surface area contributed by atoms with Gasteiger partial charge in [-0.05, 0) is 45.2 Å². The van der Waals surface area contributed by atoms with Gasteiger partial charge in [0.2, 0.25) is 0 Å². The van der Waals surface area contributed by atoms with Gasteiger partial charge in [0.15, 0.2) is 0 Å². The van der Waals surface area contributed by atoms with Gasteiger partial charge in [0.05, 0.1) is 5.69 Å². The lowest BCUT2D eigenvalue weighted by Gasteiger charge is -2.24. The molecule has 0 aliphatic carbocycles. The molecule has 1 aromatic rings. The molecule has 0 radical (unpaired) electrons. The zero-order valence-electron chi connectivity index (χ0n) is 14.6. The van der Waals surface area contributed by atoms with Gasteiger partial charge in [-0.1, -0.05) is 19.9 Å². The Balaban J connectivity index is 2.45. The van der Waals surface area contributed by atoms with Crippen LogP contribution in [0.15, 0.2) is 18.3 Å². The van der Waals surface area contributed by atoms with Crippen LogP contribution in [0.4, 0.5) is 4.79 Å². The van der Waals surface area contributed by atoms with Crippen molar-refractivity contribution in [2.24, 2.45) is 5.92 Å². The van der Waals surface area contributed by atoms with Crippen LogP contribution < -0.4 is 10.6 Å². The molecular weight excluding hydrogens is 278 g/mol. The molecule has 0 spiro atoms. The first-order valence-corrected chi connectivity index (χ1v) is 7.79. The number of nitrogens with zero attached hydrogens (tertiary/aromatic N) is 1. The van der Waals surface area contributed by atoms with E-state index in [0.717, 1.165) is 11.3 Å². The first kappa shape index (κ1) is 18.4. The summed E-state index contributed by atoms with van der Waals surface area (Å²) < 4.78 is 5.25. The number of carbonyl (C=O) groups is 1. The quantitative estimate of drug-likeness (QED) is 0.848. The SMILES string of the molecule is Cc1ccc(CNC(CNC(=O)OC(C)(C)C)C(C)C)nc1. The van der Waals surface area contributed by atoms with E-state index in [-0.39, 0.29) is 12.1 Å². The average molecular weight is 307 g/mol. The fraction of sp³-hybridized carbons (Fsp3) is 0.647. The zero-order chi connectivity index (χ0) is 16.8. The van der Waals surface area contributed by atoms with Crippen molar-refractivity contribution >= 4 is 6.09 Å². The number of aryl methyl sites for hydroxylation is 1. The number of aromatic nitrogens is 1. The molecule has 1 amide bonds. The molecule has 0 saturated carbocycles. The molecule has 1 rings (SSSR count). The molecule has 5 nitrogen and oxygen atoms in total. The Morgan fingerprint density at radius 1 is 1.32 bits per heavy atom. The van der Waals surface area contributed by atoms with E-state index in [1.54, 1.807) is 0 Å². The number of ether oxygens (including phenoxy) is 1. The third-order valence-corrected chi connectivity index (χ3v) is 3.19. The van der Waals surface area contributed by atoms with Gasteiger partial charge in [0.1, 0.15) is 5.60 Å². The predicted molar refractivity (Wildman–Crippen MR) is 88.7 cm³/mol. The lowest BCUT2D eigenvalue weighted by molar-refractivity contribution is 0.0519. The molecule has 1 unspecified atom stereocenters. The van der Waals surface area contributed by atoms with Gasteiger partial charge in [-0.15, -0.1) is 0 Å². The Morgan fingerprint density at radius 2 is 2.00 bits per heavy atom. The van der Waals surface area contributed by atoms with Crippen LogP contribution in [0.1, 0.15) is 45.9 Å². The van der Waals surface area contributed by atoms with E-state index in [2.05, 4.69) is 29.5 Å². The predicted octanol–water partition coefficient (Wildman–Crippen LogP) is 3.03. The van der Waals surface area contributed by atoms with Crippen molar-refractivity contribution in [3.63, 3.8) is 0 Å². The molecule has 22 heavy (non-hydrogen) atoms. The van der Waals surface area contributed by atoms with Crippen molar-refractivity contribution in [1.82, 2.24) is 15.6 Å². The normalized spacial score (nSPS) is 13.0.